The van der Waals surface area contributed by atoms with E-state index < -0.39 is 5.91 Å². The van der Waals surface area contributed by atoms with E-state index in [0.717, 1.165) is 16.6 Å². The van der Waals surface area contributed by atoms with Crippen LogP contribution in [0.3, 0.4) is 0 Å². The van der Waals surface area contributed by atoms with Gasteiger partial charge in [-0.2, -0.15) is 0 Å². The average Bonchev–Trinajstić information content (AvgIpc) is 3.33. The Morgan fingerprint density at radius 1 is 1.14 bits per heavy atom. The second kappa shape index (κ2) is 7.69. The van der Waals surface area contributed by atoms with Crippen molar-refractivity contribution in [1.29, 1.82) is 0 Å². The molecule has 2 heterocycles. The van der Waals surface area contributed by atoms with E-state index in [1.54, 1.807) is 30.3 Å². The van der Waals surface area contributed by atoms with Crippen molar-refractivity contribution in [3.8, 4) is 11.5 Å². The second-order valence-electron chi connectivity index (χ2n) is 6.50. The highest BCUT2D eigenvalue weighted by atomic mass is 35.5. The lowest BCUT2D eigenvalue weighted by atomic mass is 10.1. The van der Waals surface area contributed by atoms with Gasteiger partial charge < -0.3 is 14.2 Å². The van der Waals surface area contributed by atoms with Crippen molar-refractivity contribution in [2.45, 2.75) is 13.8 Å². The molecular formula is C21H16ClN3O3S. The van der Waals surface area contributed by atoms with Gasteiger partial charge in [0.25, 0.3) is 5.91 Å². The summed E-state index contributed by atoms with van der Waals surface area (Å²) in [6, 6.07) is 12.3. The standard InChI is InChI=1S/C21H16ClN3O3S/c1-11-8-16-18(9-12(11)2)28-20(24-16)14-10-13(5-6-15(14)22)23-21(29)25-19(26)17-4-3-7-27-17/h3-10H,1-2H3,(H2,23,25,26,29). The molecule has 29 heavy (non-hydrogen) atoms. The molecule has 2 aromatic carbocycles. The van der Waals surface area contributed by atoms with Crippen LogP contribution in [0.15, 0.2) is 57.6 Å². The molecule has 0 aliphatic rings. The van der Waals surface area contributed by atoms with Crippen molar-refractivity contribution in [2.24, 2.45) is 0 Å². The summed E-state index contributed by atoms with van der Waals surface area (Å²) in [5, 5.41) is 6.12. The first-order chi connectivity index (χ1) is 13.9. The maximum absolute atomic E-state index is 12.0. The SMILES string of the molecule is Cc1cc2nc(-c3cc(NC(=S)NC(=O)c4ccco4)ccc3Cl)oc2cc1C. The first-order valence-electron chi connectivity index (χ1n) is 8.74. The van der Waals surface area contributed by atoms with Gasteiger partial charge in [0.1, 0.15) is 5.52 Å². The van der Waals surface area contributed by atoms with Crippen LogP contribution in [0, 0.1) is 13.8 Å². The summed E-state index contributed by atoms with van der Waals surface area (Å²) in [6.07, 6.45) is 1.42. The molecular weight excluding hydrogens is 410 g/mol. The maximum atomic E-state index is 12.0. The van der Waals surface area contributed by atoms with Gasteiger partial charge in [0.15, 0.2) is 16.5 Å². The van der Waals surface area contributed by atoms with Gasteiger partial charge in [-0.1, -0.05) is 11.6 Å². The quantitative estimate of drug-likeness (QED) is 0.423. The van der Waals surface area contributed by atoms with Gasteiger partial charge in [0.05, 0.1) is 16.8 Å². The van der Waals surface area contributed by atoms with E-state index in [4.69, 9.17) is 32.7 Å². The molecule has 0 spiro atoms. The number of amides is 1. The number of carbonyl (C=O) groups is 1. The normalized spacial score (nSPS) is 10.9. The smallest absolute Gasteiger partial charge is 0.293 e. The molecule has 4 aromatic rings. The number of anilines is 1. The molecule has 2 aromatic heterocycles. The van der Waals surface area contributed by atoms with Gasteiger partial charge in [0, 0.05) is 5.69 Å². The van der Waals surface area contributed by atoms with Crippen LogP contribution < -0.4 is 10.6 Å². The second-order valence-corrected chi connectivity index (χ2v) is 7.32. The third-order valence-electron chi connectivity index (χ3n) is 4.43. The van der Waals surface area contributed by atoms with Gasteiger partial charge in [-0.15, -0.1) is 0 Å². The van der Waals surface area contributed by atoms with E-state index in [1.807, 2.05) is 26.0 Å². The number of fused-ring (bicyclic) bond motifs is 1. The lowest BCUT2D eigenvalue weighted by Gasteiger charge is -2.10. The minimum absolute atomic E-state index is 0.128. The number of carbonyl (C=O) groups excluding carboxylic acids is 1. The Labute approximate surface area is 176 Å². The number of rotatable bonds is 3. The summed E-state index contributed by atoms with van der Waals surface area (Å²) in [4.78, 5) is 16.6. The fraction of sp³-hybridized carbons (Fsp3) is 0.0952. The van der Waals surface area contributed by atoms with Crippen molar-refractivity contribution in [3.05, 3.63) is 70.6 Å². The van der Waals surface area contributed by atoms with Crippen LogP contribution in [0.5, 0.6) is 0 Å². The van der Waals surface area contributed by atoms with Crippen LogP contribution in [0.1, 0.15) is 21.7 Å². The summed E-state index contributed by atoms with van der Waals surface area (Å²) in [5.41, 5.74) is 4.96. The lowest BCUT2D eigenvalue weighted by Crippen LogP contribution is -2.33. The molecule has 0 radical (unpaired) electrons. The highest BCUT2D eigenvalue weighted by molar-refractivity contribution is 7.80. The van der Waals surface area contributed by atoms with Gasteiger partial charge in [-0.25, -0.2) is 4.98 Å². The topological polar surface area (TPSA) is 80.3 Å². The predicted octanol–water partition coefficient (Wildman–Crippen LogP) is 5.48. The lowest BCUT2D eigenvalue weighted by molar-refractivity contribution is 0.0950. The summed E-state index contributed by atoms with van der Waals surface area (Å²) in [6.45, 7) is 4.05. The molecule has 0 bridgehead atoms. The minimum Gasteiger partial charge on any atom is -0.459 e. The number of thiocarbonyl (C=S) groups is 1. The molecule has 0 fully saturated rings. The molecule has 0 aliphatic carbocycles. The number of nitrogens with one attached hydrogen (secondary N) is 2. The molecule has 4 rings (SSSR count). The molecule has 146 valence electrons. The fourth-order valence-electron chi connectivity index (χ4n) is 2.80. The van der Waals surface area contributed by atoms with E-state index in [1.165, 1.54) is 6.26 Å². The first kappa shape index (κ1) is 19.2. The molecule has 0 saturated heterocycles. The van der Waals surface area contributed by atoms with E-state index in [2.05, 4.69) is 15.6 Å². The van der Waals surface area contributed by atoms with Crippen molar-refractivity contribution in [3.63, 3.8) is 0 Å². The van der Waals surface area contributed by atoms with Gasteiger partial charge >= 0.3 is 0 Å². The molecule has 0 atom stereocenters. The third kappa shape index (κ3) is 4.01. The summed E-state index contributed by atoms with van der Waals surface area (Å²) in [5.74, 6) is 0.138. The first-order valence-corrected chi connectivity index (χ1v) is 9.53. The molecule has 0 unspecified atom stereocenters. The zero-order valence-corrected chi connectivity index (χ0v) is 17.1. The summed E-state index contributed by atoms with van der Waals surface area (Å²) < 4.78 is 11.0. The molecule has 0 saturated carbocycles. The van der Waals surface area contributed by atoms with Crippen molar-refractivity contribution >= 4 is 51.6 Å². The van der Waals surface area contributed by atoms with Gasteiger partial charge in [-0.3, -0.25) is 10.1 Å². The maximum Gasteiger partial charge on any atom is 0.293 e. The third-order valence-corrected chi connectivity index (χ3v) is 4.96. The van der Waals surface area contributed by atoms with Crippen molar-refractivity contribution in [1.82, 2.24) is 10.3 Å². The Balaban J connectivity index is 1.58. The van der Waals surface area contributed by atoms with Crippen molar-refractivity contribution < 1.29 is 13.6 Å². The Hall–Kier alpha value is -3.16. The van der Waals surface area contributed by atoms with Crippen LogP contribution >= 0.6 is 23.8 Å². The Kier molecular flexibility index (Phi) is 5.08. The van der Waals surface area contributed by atoms with Gasteiger partial charge in [-0.05, 0) is 79.7 Å². The Bertz CT molecular complexity index is 1190. The Morgan fingerprint density at radius 2 is 1.93 bits per heavy atom. The largest absolute Gasteiger partial charge is 0.459 e. The predicted molar refractivity (Wildman–Crippen MR) is 116 cm³/mol. The average molecular weight is 426 g/mol. The number of hydrogen-bond acceptors (Lipinski definition) is 5. The number of aryl methyl sites for hydroxylation is 2. The summed E-state index contributed by atoms with van der Waals surface area (Å²) >= 11 is 11.6. The number of aromatic nitrogens is 1. The Morgan fingerprint density at radius 3 is 2.69 bits per heavy atom. The number of hydrogen-bond donors (Lipinski definition) is 2. The van der Waals surface area contributed by atoms with Crippen LogP contribution in [0.2, 0.25) is 5.02 Å². The summed E-state index contributed by atoms with van der Waals surface area (Å²) in [7, 11) is 0. The van der Waals surface area contributed by atoms with E-state index in [-0.39, 0.29) is 10.9 Å². The highest BCUT2D eigenvalue weighted by Gasteiger charge is 2.15. The molecule has 0 aliphatic heterocycles. The zero-order valence-electron chi connectivity index (χ0n) is 15.6. The van der Waals surface area contributed by atoms with Gasteiger partial charge in [0.2, 0.25) is 5.89 Å². The zero-order chi connectivity index (χ0) is 20.5. The molecule has 1 amide bonds. The molecule has 8 heteroatoms. The monoisotopic (exact) mass is 425 g/mol. The molecule has 6 nitrogen and oxygen atoms in total. The number of halogens is 1. The number of furan rings is 1. The van der Waals surface area contributed by atoms with Crippen LogP contribution in [-0.2, 0) is 0 Å². The fourth-order valence-corrected chi connectivity index (χ4v) is 3.21. The highest BCUT2D eigenvalue weighted by Crippen LogP contribution is 2.33. The van der Waals surface area contributed by atoms with Crippen LogP contribution in [0.25, 0.3) is 22.6 Å². The van der Waals surface area contributed by atoms with E-state index in [0.29, 0.717) is 27.7 Å². The minimum atomic E-state index is -0.439. The van der Waals surface area contributed by atoms with E-state index in [9.17, 15) is 4.79 Å². The number of benzene rings is 2. The van der Waals surface area contributed by atoms with Crippen LogP contribution in [-0.4, -0.2) is 16.0 Å². The number of oxazole rings is 1. The number of nitrogens with zero attached hydrogens (tertiary/aromatic N) is 1. The van der Waals surface area contributed by atoms with Crippen molar-refractivity contribution in [2.75, 3.05) is 5.32 Å². The van der Waals surface area contributed by atoms with E-state index >= 15 is 0 Å². The van der Waals surface area contributed by atoms with Crippen LogP contribution in [0.4, 0.5) is 5.69 Å². The molecule has 2 N–H and O–H groups in total.